The summed E-state index contributed by atoms with van der Waals surface area (Å²) in [5.74, 6) is 0.121. The molecule has 1 saturated heterocycles. The van der Waals surface area contributed by atoms with Crippen LogP contribution in [0, 0.1) is 11.8 Å². The molecule has 0 aromatic heterocycles. The van der Waals surface area contributed by atoms with Gasteiger partial charge in [0.25, 0.3) is 0 Å². The van der Waals surface area contributed by atoms with Gasteiger partial charge < -0.3 is 20.1 Å². The van der Waals surface area contributed by atoms with Gasteiger partial charge in [0.15, 0.2) is 6.29 Å². The first-order chi connectivity index (χ1) is 10.6. The van der Waals surface area contributed by atoms with E-state index in [-0.39, 0.29) is 25.4 Å². The maximum atomic E-state index is 10.1. The monoisotopic (exact) mass is 320 g/mol. The van der Waals surface area contributed by atoms with Crippen LogP contribution >= 0.6 is 0 Å². The minimum atomic E-state index is -0.707. The number of rotatable bonds is 5. The SMILES string of the molecule is C.OC(/C=C/C1C(O)CC2OC(O)CC21)CCc1ccccc1. The Balaban J connectivity index is 0.00000192. The lowest BCUT2D eigenvalue weighted by Gasteiger charge is -2.16. The molecule has 3 rings (SSSR count). The summed E-state index contributed by atoms with van der Waals surface area (Å²) in [6.07, 6.45) is 4.59. The molecule has 6 unspecified atom stereocenters. The standard InChI is InChI=1S/C18H24O4.CH4/c19-13(7-6-12-4-2-1-3-5-12)8-9-14-15-10-18(21)22-17(15)11-16(14)20;/h1-5,8-9,13-21H,6-7,10-11H2;1H4/b9-8+;. The molecule has 0 radical (unpaired) electrons. The van der Waals surface area contributed by atoms with Gasteiger partial charge in [-0.05, 0) is 24.3 Å². The van der Waals surface area contributed by atoms with Crippen LogP contribution in [0.4, 0.5) is 0 Å². The van der Waals surface area contributed by atoms with Crippen molar-refractivity contribution in [3.63, 3.8) is 0 Å². The van der Waals surface area contributed by atoms with Crippen molar-refractivity contribution in [3.05, 3.63) is 48.0 Å². The van der Waals surface area contributed by atoms with E-state index in [1.54, 1.807) is 6.08 Å². The first-order valence-corrected chi connectivity index (χ1v) is 8.05. The molecule has 4 heteroatoms. The summed E-state index contributed by atoms with van der Waals surface area (Å²) in [5, 5.41) is 29.8. The topological polar surface area (TPSA) is 69.9 Å². The summed E-state index contributed by atoms with van der Waals surface area (Å²) in [7, 11) is 0. The lowest BCUT2D eigenvalue weighted by molar-refractivity contribution is -0.0949. The summed E-state index contributed by atoms with van der Waals surface area (Å²) in [5.41, 5.74) is 1.21. The number of benzene rings is 1. The summed E-state index contributed by atoms with van der Waals surface area (Å²) >= 11 is 0. The van der Waals surface area contributed by atoms with Gasteiger partial charge in [-0.1, -0.05) is 49.9 Å². The van der Waals surface area contributed by atoms with E-state index in [9.17, 15) is 15.3 Å². The van der Waals surface area contributed by atoms with Crippen molar-refractivity contribution in [2.45, 2.75) is 57.7 Å². The Hall–Kier alpha value is -1.20. The van der Waals surface area contributed by atoms with Crippen molar-refractivity contribution in [1.29, 1.82) is 0 Å². The minimum Gasteiger partial charge on any atom is -0.392 e. The molecule has 2 fully saturated rings. The highest BCUT2D eigenvalue weighted by atomic mass is 16.6. The van der Waals surface area contributed by atoms with Crippen molar-refractivity contribution in [2.24, 2.45) is 11.8 Å². The van der Waals surface area contributed by atoms with Crippen LogP contribution in [0.3, 0.4) is 0 Å². The molecule has 6 atom stereocenters. The molecule has 2 aliphatic rings. The molecule has 0 amide bonds. The Morgan fingerprint density at radius 1 is 1.17 bits per heavy atom. The fourth-order valence-electron chi connectivity index (χ4n) is 3.64. The zero-order valence-electron chi connectivity index (χ0n) is 12.6. The first kappa shape index (κ1) is 18.1. The molecule has 1 heterocycles. The van der Waals surface area contributed by atoms with Crippen LogP contribution in [-0.2, 0) is 11.2 Å². The number of fused-ring (bicyclic) bond motifs is 1. The molecule has 128 valence electrons. The van der Waals surface area contributed by atoms with Gasteiger partial charge in [0, 0.05) is 18.8 Å². The number of hydrogen-bond acceptors (Lipinski definition) is 4. The second-order valence-corrected chi connectivity index (χ2v) is 6.39. The molecular weight excluding hydrogens is 292 g/mol. The van der Waals surface area contributed by atoms with Crippen LogP contribution in [0.5, 0.6) is 0 Å². The number of aliphatic hydroxyl groups is 3. The second-order valence-electron chi connectivity index (χ2n) is 6.39. The number of aryl methyl sites for hydroxylation is 1. The summed E-state index contributed by atoms with van der Waals surface area (Å²) in [4.78, 5) is 0. The highest BCUT2D eigenvalue weighted by Crippen LogP contribution is 2.43. The molecule has 3 N–H and O–H groups in total. The van der Waals surface area contributed by atoms with E-state index in [0.717, 1.165) is 6.42 Å². The third-order valence-corrected chi connectivity index (χ3v) is 4.82. The molecule has 0 bridgehead atoms. The van der Waals surface area contributed by atoms with Gasteiger partial charge in [-0.2, -0.15) is 0 Å². The Kier molecular flexibility index (Phi) is 6.36. The molecule has 4 nitrogen and oxygen atoms in total. The Morgan fingerprint density at radius 3 is 2.65 bits per heavy atom. The fourth-order valence-corrected chi connectivity index (χ4v) is 3.64. The van der Waals surface area contributed by atoms with Crippen LogP contribution in [0.25, 0.3) is 0 Å². The Labute approximate surface area is 138 Å². The van der Waals surface area contributed by atoms with E-state index in [2.05, 4.69) is 12.1 Å². The van der Waals surface area contributed by atoms with Gasteiger partial charge >= 0.3 is 0 Å². The van der Waals surface area contributed by atoms with Crippen molar-refractivity contribution < 1.29 is 20.1 Å². The summed E-state index contributed by atoms with van der Waals surface area (Å²) in [6.45, 7) is 0. The summed E-state index contributed by atoms with van der Waals surface area (Å²) < 4.78 is 5.40. The van der Waals surface area contributed by atoms with Crippen LogP contribution in [0.15, 0.2) is 42.5 Å². The minimum absolute atomic E-state index is 0. The maximum absolute atomic E-state index is 10.1. The zero-order valence-corrected chi connectivity index (χ0v) is 12.6. The van der Waals surface area contributed by atoms with Gasteiger partial charge in [0.2, 0.25) is 0 Å². The fraction of sp³-hybridized carbons (Fsp3) is 0.579. The normalized spacial score (nSPS) is 34.3. The predicted octanol–water partition coefficient (Wildman–Crippen LogP) is 2.28. The molecule has 23 heavy (non-hydrogen) atoms. The molecule has 1 aliphatic carbocycles. The van der Waals surface area contributed by atoms with Crippen molar-refractivity contribution >= 4 is 0 Å². The number of aliphatic hydroxyl groups excluding tert-OH is 3. The van der Waals surface area contributed by atoms with Gasteiger partial charge in [-0.15, -0.1) is 0 Å². The van der Waals surface area contributed by atoms with E-state index in [4.69, 9.17) is 4.74 Å². The Bertz CT molecular complexity index is 501. The molecule has 1 aromatic rings. The highest BCUT2D eigenvalue weighted by molar-refractivity contribution is 5.15. The quantitative estimate of drug-likeness (QED) is 0.728. The van der Waals surface area contributed by atoms with Gasteiger partial charge in [-0.3, -0.25) is 0 Å². The van der Waals surface area contributed by atoms with E-state index in [1.165, 1.54) is 5.56 Å². The zero-order chi connectivity index (χ0) is 15.5. The third kappa shape index (κ3) is 4.42. The number of hydrogen-bond donors (Lipinski definition) is 3. The van der Waals surface area contributed by atoms with Gasteiger partial charge in [0.05, 0.1) is 18.3 Å². The molecular formula is C19H28O4. The largest absolute Gasteiger partial charge is 0.392 e. The molecule has 1 aromatic carbocycles. The lowest BCUT2D eigenvalue weighted by Crippen LogP contribution is -2.19. The maximum Gasteiger partial charge on any atom is 0.155 e. The highest BCUT2D eigenvalue weighted by Gasteiger charge is 2.47. The summed E-state index contributed by atoms with van der Waals surface area (Å²) in [6, 6.07) is 10.1. The van der Waals surface area contributed by atoms with Gasteiger partial charge in [-0.25, -0.2) is 0 Å². The van der Waals surface area contributed by atoms with Gasteiger partial charge in [0.1, 0.15) is 0 Å². The lowest BCUT2D eigenvalue weighted by atomic mass is 9.91. The first-order valence-electron chi connectivity index (χ1n) is 8.05. The van der Waals surface area contributed by atoms with Crippen LogP contribution in [-0.4, -0.2) is 39.9 Å². The average Bonchev–Trinajstić information content (AvgIpc) is 2.99. The van der Waals surface area contributed by atoms with E-state index < -0.39 is 18.5 Å². The van der Waals surface area contributed by atoms with Crippen molar-refractivity contribution in [2.75, 3.05) is 0 Å². The van der Waals surface area contributed by atoms with Crippen molar-refractivity contribution in [1.82, 2.24) is 0 Å². The third-order valence-electron chi connectivity index (χ3n) is 4.82. The average molecular weight is 320 g/mol. The van der Waals surface area contributed by atoms with Crippen LogP contribution in [0.2, 0.25) is 0 Å². The Morgan fingerprint density at radius 2 is 1.91 bits per heavy atom. The van der Waals surface area contributed by atoms with E-state index in [0.29, 0.717) is 19.3 Å². The smallest absolute Gasteiger partial charge is 0.155 e. The van der Waals surface area contributed by atoms with Crippen molar-refractivity contribution in [3.8, 4) is 0 Å². The molecule has 1 aliphatic heterocycles. The second kappa shape index (κ2) is 8.06. The van der Waals surface area contributed by atoms with Crippen LogP contribution in [0.1, 0.15) is 32.3 Å². The molecule has 1 saturated carbocycles. The van der Waals surface area contributed by atoms with Crippen LogP contribution < -0.4 is 0 Å². The van der Waals surface area contributed by atoms with E-state index >= 15 is 0 Å². The van der Waals surface area contributed by atoms with E-state index in [1.807, 2.05) is 24.3 Å². The predicted molar refractivity (Wildman–Crippen MR) is 89.7 cm³/mol. The number of ether oxygens (including phenoxy) is 1. The molecule has 0 spiro atoms.